The number of anilines is 2. The van der Waals surface area contributed by atoms with Crippen LogP contribution in [0.15, 0.2) is 48.8 Å². The molecule has 0 unspecified atom stereocenters. The quantitative estimate of drug-likeness (QED) is 0.747. The number of hydrogen-bond acceptors (Lipinski definition) is 6. The molecule has 22 heavy (non-hydrogen) atoms. The van der Waals surface area contributed by atoms with Gasteiger partial charge in [0.15, 0.2) is 0 Å². The van der Waals surface area contributed by atoms with Gasteiger partial charge in [0.2, 0.25) is 0 Å². The number of benzene rings is 1. The lowest BCUT2D eigenvalue weighted by molar-refractivity contribution is 1.21. The van der Waals surface area contributed by atoms with Crippen molar-refractivity contribution in [2.24, 2.45) is 0 Å². The third-order valence-electron chi connectivity index (χ3n) is 3.17. The van der Waals surface area contributed by atoms with Crippen molar-refractivity contribution in [3.05, 3.63) is 54.4 Å². The highest BCUT2D eigenvalue weighted by molar-refractivity contribution is 5.73. The summed E-state index contributed by atoms with van der Waals surface area (Å²) < 4.78 is 0. The molecule has 0 atom stereocenters. The van der Waals surface area contributed by atoms with Crippen LogP contribution in [0.4, 0.5) is 11.6 Å². The average molecular weight is 288 g/mol. The zero-order chi connectivity index (χ0) is 15.5. The van der Waals surface area contributed by atoms with Crippen LogP contribution in [0.3, 0.4) is 0 Å². The van der Waals surface area contributed by atoms with Crippen LogP contribution in [0.2, 0.25) is 0 Å². The minimum Gasteiger partial charge on any atom is -0.384 e. The lowest BCUT2D eigenvalue weighted by Crippen LogP contribution is -1.99. The Balaban J connectivity index is 2.05. The van der Waals surface area contributed by atoms with Gasteiger partial charge < -0.3 is 11.5 Å². The Bertz CT molecular complexity index is 847. The van der Waals surface area contributed by atoms with E-state index in [1.807, 2.05) is 12.1 Å². The molecule has 106 valence electrons. The first-order valence-electron chi connectivity index (χ1n) is 6.52. The van der Waals surface area contributed by atoms with Gasteiger partial charge in [-0.05, 0) is 24.3 Å². The summed E-state index contributed by atoms with van der Waals surface area (Å²) in [4.78, 5) is 12.8. The maximum absolute atomic E-state index is 8.84. The van der Waals surface area contributed by atoms with Crippen LogP contribution < -0.4 is 11.5 Å². The predicted molar refractivity (Wildman–Crippen MR) is 84.2 cm³/mol. The van der Waals surface area contributed by atoms with Crippen molar-refractivity contribution in [2.75, 3.05) is 11.5 Å². The average Bonchev–Trinajstić information content (AvgIpc) is 2.56. The van der Waals surface area contributed by atoms with E-state index in [9.17, 15) is 0 Å². The SMILES string of the molecule is N#Cc1ccc(-c2cnc(N)c(-c3ccc(N)nc3)n2)cc1. The monoisotopic (exact) mass is 288 g/mol. The molecule has 0 radical (unpaired) electrons. The second-order valence-corrected chi connectivity index (χ2v) is 4.65. The van der Waals surface area contributed by atoms with E-state index in [2.05, 4.69) is 21.0 Å². The van der Waals surface area contributed by atoms with Crippen molar-refractivity contribution < 1.29 is 0 Å². The maximum atomic E-state index is 8.84. The Morgan fingerprint density at radius 2 is 1.59 bits per heavy atom. The van der Waals surface area contributed by atoms with Gasteiger partial charge in [0.05, 0.1) is 23.5 Å². The molecule has 0 saturated heterocycles. The maximum Gasteiger partial charge on any atom is 0.150 e. The van der Waals surface area contributed by atoms with Crippen LogP contribution in [0.25, 0.3) is 22.5 Å². The van der Waals surface area contributed by atoms with E-state index >= 15 is 0 Å². The Hall–Kier alpha value is -3.46. The zero-order valence-corrected chi connectivity index (χ0v) is 11.6. The summed E-state index contributed by atoms with van der Waals surface area (Å²) in [6.07, 6.45) is 3.21. The van der Waals surface area contributed by atoms with E-state index in [-0.39, 0.29) is 0 Å². The molecule has 0 aliphatic carbocycles. The number of nitriles is 1. The van der Waals surface area contributed by atoms with Gasteiger partial charge in [0.25, 0.3) is 0 Å². The Labute approximate surface area is 127 Å². The summed E-state index contributed by atoms with van der Waals surface area (Å²) in [5.41, 5.74) is 14.9. The molecule has 2 aromatic heterocycles. The van der Waals surface area contributed by atoms with Crippen LogP contribution in [-0.4, -0.2) is 15.0 Å². The van der Waals surface area contributed by atoms with Gasteiger partial charge in [0, 0.05) is 17.3 Å². The number of aromatic nitrogens is 3. The highest BCUT2D eigenvalue weighted by Gasteiger charge is 2.09. The fraction of sp³-hybridized carbons (Fsp3) is 0. The summed E-state index contributed by atoms with van der Waals surface area (Å²) in [5.74, 6) is 0.752. The molecule has 0 bridgehead atoms. The van der Waals surface area contributed by atoms with E-state index < -0.39 is 0 Å². The molecule has 0 fully saturated rings. The van der Waals surface area contributed by atoms with Crippen molar-refractivity contribution >= 4 is 11.6 Å². The van der Waals surface area contributed by atoms with Crippen LogP contribution in [0, 0.1) is 11.3 Å². The molecule has 1 aromatic carbocycles. The van der Waals surface area contributed by atoms with Crippen molar-refractivity contribution in [1.29, 1.82) is 5.26 Å². The van der Waals surface area contributed by atoms with E-state index in [1.54, 1.807) is 36.7 Å². The first kappa shape index (κ1) is 13.5. The highest BCUT2D eigenvalue weighted by Crippen LogP contribution is 2.25. The third-order valence-corrected chi connectivity index (χ3v) is 3.17. The minimum absolute atomic E-state index is 0.323. The van der Waals surface area contributed by atoms with Gasteiger partial charge in [-0.2, -0.15) is 5.26 Å². The van der Waals surface area contributed by atoms with Crippen LogP contribution in [0.1, 0.15) is 5.56 Å². The van der Waals surface area contributed by atoms with Crippen molar-refractivity contribution in [3.8, 4) is 28.6 Å². The molecule has 6 heteroatoms. The van der Waals surface area contributed by atoms with E-state index in [1.165, 1.54) is 0 Å². The fourth-order valence-corrected chi connectivity index (χ4v) is 2.01. The van der Waals surface area contributed by atoms with Gasteiger partial charge in [-0.25, -0.2) is 15.0 Å². The summed E-state index contributed by atoms with van der Waals surface area (Å²) in [6, 6.07) is 12.7. The molecule has 2 heterocycles. The minimum atomic E-state index is 0.323. The number of nitrogens with two attached hydrogens (primary N) is 2. The second kappa shape index (κ2) is 5.50. The Morgan fingerprint density at radius 3 is 2.23 bits per heavy atom. The molecular formula is C16H12N6. The van der Waals surface area contributed by atoms with E-state index in [0.29, 0.717) is 28.6 Å². The zero-order valence-electron chi connectivity index (χ0n) is 11.6. The summed E-state index contributed by atoms with van der Waals surface area (Å²) in [5, 5.41) is 8.84. The molecule has 3 rings (SSSR count). The molecule has 4 N–H and O–H groups in total. The standard InChI is InChI=1S/C16H12N6/c17-7-10-1-3-11(4-2-10)13-9-21-16(19)15(22-13)12-5-6-14(18)20-8-12/h1-6,8-9H,(H2,18,20)(H2,19,21). The highest BCUT2D eigenvalue weighted by atomic mass is 14.9. The first-order valence-corrected chi connectivity index (χ1v) is 6.52. The summed E-state index contributed by atoms with van der Waals surface area (Å²) in [7, 11) is 0. The van der Waals surface area contributed by atoms with Crippen molar-refractivity contribution in [3.63, 3.8) is 0 Å². The molecule has 3 aromatic rings. The van der Waals surface area contributed by atoms with Crippen LogP contribution >= 0.6 is 0 Å². The number of rotatable bonds is 2. The van der Waals surface area contributed by atoms with Crippen LogP contribution in [-0.2, 0) is 0 Å². The second-order valence-electron chi connectivity index (χ2n) is 4.65. The van der Waals surface area contributed by atoms with Gasteiger partial charge >= 0.3 is 0 Å². The largest absolute Gasteiger partial charge is 0.384 e. The molecule has 6 nitrogen and oxygen atoms in total. The van der Waals surface area contributed by atoms with Crippen LogP contribution in [0.5, 0.6) is 0 Å². The number of nitrogens with zero attached hydrogens (tertiary/aromatic N) is 4. The number of hydrogen-bond donors (Lipinski definition) is 2. The Kier molecular flexibility index (Phi) is 3.38. The Morgan fingerprint density at radius 1 is 0.864 bits per heavy atom. The summed E-state index contributed by atoms with van der Waals surface area (Å²) in [6.45, 7) is 0. The molecule has 0 amide bonds. The molecule has 0 aliphatic rings. The van der Waals surface area contributed by atoms with E-state index in [0.717, 1.165) is 11.1 Å². The van der Waals surface area contributed by atoms with Crippen molar-refractivity contribution in [2.45, 2.75) is 0 Å². The number of pyridine rings is 1. The normalized spacial score (nSPS) is 10.1. The predicted octanol–water partition coefficient (Wildman–Crippen LogP) is 2.24. The molecule has 0 aliphatic heterocycles. The van der Waals surface area contributed by atoms with Gasteiger partial charge in [0.1, 0.15) is 17.3 Å². The lowest BCUT2D eigenvalue weighted by Gasteiger charge is -2.07. The molecular weight excluding hydrogens is 276 g/mol. The fourth-order valence-electron chi connectivity index (χ4n) is 2.01. The third kappa shape index (κ3) is 2.55. The van der Waals surface area contributed by atoms with Gasteiger partial charge in [-0.3, -0.25) is 0 Å². The van der Waals surface area contributed by atoms with Gasteiger partial charge in [-0.15, -0.1) is 0 Å². The molecule has 0 saturated carbocycles. The van der Waals surface area contributed by atoms with E-state index in [4.69, 9.17) is 16.7 Å². The van der Waals surface area contributed by atoms with Gasteiger partial charge in [-0.1, -0.05) is 12.1 Å². The van der Waals surface area contributed by atoms with Crippen molar-refractivity contribution in [1.82, 2.24) is 15.0 Å². The summed E-state index contributed by atoms with van der Waals surface area (Å²) >= 11 is 0. The number of nitrogen functional groups attached to an aromatic ring is 2. The molecule has 0 spiro atoms. The lowest BCUT2D eigenvalue weighted by atomic mass is 10.1. The first-order chi connectivity index (χ1) is 10.7. The smallest absolute Gasteiger partial charge is 0.150 e. The topological polar surface area (TPSA) is 114 Å².